The quantitative estimate of drug-likeness (QED) is 0.761. The minimum absolute atomic E-state index is 0. The van der Waals surface area contributed by atoms with E-state index < -0.39 is 6.10 Å². The summed E-state index contributed by atoms with van der Waals surface area (Å²) in [6.45, 7) is 2.27. The summed E-state index contributed by atoms with van der Waals surface area (Å²) in [5.74, 6) is -0.221. The first-order valence-corrected chi connectivity index (χ1v) is 8.52. The summed E-state index contributed by atoms with van der Waals surface area (Å²) in [5, 5.41) is 6.01. The normalized spacial score (nSPS) is 15.5. The molecule has 1 atom stereocenters. The number of carbonyl (C=O) groups is 2. The Hall–Kier alpha value is -2.19. The molecule has 2 heterocycles. The summed E-state index contributed by atoms with van der Waals surface area (Å²) in [7, 11) is 1.73. The minimum Gasteiger partial charge on any atom is -0.366 e. The number of ether oxygens (including phenoxy) is 1. The van der Waals surface area contributed by atoms with Crippen molar-refractivity contribution in [2.45, 2.75) is 12.6 Å². The monoisotopic (exact) mass is 426 g/mol. The fourth-order valence-corrected chi connectivity index (χ4v) is 2.68. The molecule has 1 fully saturated rings. The number of benzene rings is 1. The Bertz CT molecular complexity index is 754. The number of hydrogen-bond acceptors (Lipinski definition) is 5. The van der Waals surface area contributed by atoms with Gasteiger partial charge in [-0.15, -0.1) is 24.8 Å². The van der Waals surface area contributed by atoms with Gasteiger partial charge in [-0.25, -0.2) is 0 Å². The molecule has 0 aliphatic carbocycles. The molecule has 9 heteroatoms. The summed E-state index contributed by atoms with van der Waals surface area (Å²) in [4.78, 5) is 30.0. The number of nitrogens with one attached hydrogen (secondary N) is 2. The van der Waals surface area contributed by atoms with Gasteiger partial charge < -0.3 is 20.3 Å². The average molecular weight is 427 g/mol. The van der Waals surface area contributed by atoms with Gasteiger partial charge in [-0.1, -0.05) is 12.1 Å². The number of aromatic nitrogens is 1. The Balaban J connectivity index is 0.00000196. The molecule has 3 rings (SSSR count). The molecule has 1 aliphatic rings. The highest BCUT2D eigenvalue weighted by Gasteiger charge is 2.21. The van der Waals surface area contributed by atoms with Crippen molar-refractivity contribution >= 4 is 42.3 Å². The van der Waals surface area contributed by atoms with E-state index in [4.69, 9.17) is 4.74 Å². The lowest BCUT2D eigenvalue weighted by Crippen LogP contribution is -2.47. The Morgan fingerprint density at radius 3 is 2.46 bits per heavy atom. The van der Waals surface area contributed by atoms with E-state index in [9.17, 15) is 9.59 Å². The maximum Gasteiger partial charge on any atom is 0.258 e. The topological polar surface area (TPSA) is 83.6 Å². The van der Waals surface area contributed by atoms with Crippen LogP contribution in [-0.2, 0) is 16.1 Å². The third kappa shape index (κ3) is 6.17. The number of rotatable bonds is 5. The van der Waals surface area contributed by atoms with E-state index in [1.807, 2.05) is 24.3 Å². The lowest BCUT2D eigenvalue weighted by Gasteiger charge is -2.22. The van der Waals surface area contributed by atoms with Crippen LogP contribution in [0.2, 0.25) is 0 Å². The Kier molecular flexibility index (Phi) is 9.89. The molecular formula is C19H24Cl2N4O3. The maximum absolute atomic E-state index is 12.4. The number of pyridine rings is 1. The van der Waals surface area contributed by atoms with Gasteiger partial charge in [-0.3, -0.25) is 14.6 Å². The molecule has 1 unspecified atom stereocenters. The zero-order valence-electron chi connectivity index (χ0n) is 15.5. The second kappa shape index (κ2) is 11.6. The molecule has 152 valence electrons. The molecule has 0 spiro atoms. The molecule has 1 aliphatic heterocycles. The molecule has 1 aromatic heterocycles. The number of morpholine rings is 1. The van der Waals surface area contributed by atoms with Crippen LogP contribution in [0.1, 0.15) is 15.9 Å². The van der Waals surface area contributed by atoms with Gasteiger partial charge in [-0.05, 0) is 29.8 Å². The van der Waals surface area contributed by atoms with Crippen molar-refractivity contribution in [2.75, 3.05) is 31.6 Å². The number of carbonyl (C=O) groups excluding carboxylic acids is 2. The number of hydrogen-bond donors (Lipinski definition) is 2. The van der Waals surface area contributed by atoms with Crippen LogP contribution in [0.5, 0.6) is 0 Å². The van der Waals surface area contributed by atoms with Gasteiger partial charge in [0.25, 0.3) is 11.8 Å². The summed E-state index contributed by atoms with van der Waals surface area (Å²) < 4.78 is 5.42. The highest BCUT2D eigenvalue weighted by Crippen LogP contribution is 2.16. The van der Waals surface area contributed by atoms with Crippen LogP contribution in [0.25, 0.3) is 0 Å². The Labute approximate surface area is 176 Å². The molecule has 2 amide bonds. The molecule has 1 saturated heterocycles. The van der Waals surface area contributed by atoms with Gasteiger partial charge in [0, 0.05) is 50.3 Å². The molecule has 2 N–H and O–H groups in total. The smallest absolute Gasteiger partial charge is 0.258 e. The molecule has 0 bridgehead atoms. The van der Waals surface area contributed by atoms with Crippen LogP contribution in [0.3, 0.4) is 0 Å². The largest absolute Gasteiger partial charge is 0.366 e. The predicted molar refractivity (Wildman–Crippen MR) is 112 cm³/mol. The SMILES string of the molecule is CN(C(=O)c1ccncc1)c1ccc(CNC(=O)C2CNCCO2)cc1.Cl.Cl. The first-order valence-electron chi connectivity index (χ1n) is 8.52. The van der Waals surface area contributed by atoms with Crippen LogP contribution in [0, 0.1) is 0 Å². The molecule has 0 radical (unpaired) electrons. The zero-order valence-corrected chi connectivity index (χ0v) is 17.1. The standard InChI is InChI=1S/C19H22N4O3.2ClH/c1-23(19(25)15-6-8-20-9-7-15)16-4-2-14(3-5-16)12-22-18(24)17-13-21-10-11-26-17;;/h2-9,17,21H,10-13H2,1H3,(H,22,24);2*1H. The fourth-order valence-electron chi connectivity index (χ4n) is 2.68. The highest BCUT2D eigenvalue weighted by atomic mass is 35.5. The predicted octanol–water partition coefficient (Wildman–Crippen LogP) is 1.81. The van der Waals surface area contributed by atoms with Crippen molar-refractivity contribution in [1.82, 2.24) is 15.6 Å². The number of anilines is 1. The van der Waals surface area contributed by atoms with Gasteiger partial charge in [-0.2, -0.15) is 0 Å². The molecule has 0 saturated carbocycles. The summed E-state index contributed by atoms with van der Waals surface area (Å²) in [6, 6.07) is 10.9. The lowest BCUT2D eigenvalue weighted by molar-refractivity contribution is -0.134. The van der Waals surface area contributed by atoms with Crippen LogP contribution >= 0.6 is 24.8 Å². The molecule has 7 nitrogen and oxygen atoms in total. The van der Waals surface area contributed by atoms with Crippen LogP contribution < -0.4 is 15.5 Å². The van der Waals surface area contributed by atoms with E-state index >= 15 is 0 Å². The van der Waals surface area contributed by atoms with Crippen molar-refractivity contribution in [2.24, 2.45) is 0 Å². The summed E-state index contributed by atoms with van der Waals surface area (Å²) in [5.41, 5.74) is 2.32. The first-order chi connectivity index (χ1) is 12.6. The maximum atomic E-state index is 12.4. The van der Waals surface area contributed by atoms with Crippen LogP contribution in [0.4, 0.5) is 5.69 Å². The van der Waals surface area contributed by atoms with E-state index in [0.717, 1.165) is 17.8 Å². The highest BCUT2D eigenvalue weighted by molar-refractivity contribution is 6.05. The molecule has 28 heavy (non-hydrogen) atoms. The fraction of sp³-hybridized carbons (Fsp3) is 0.316. The Morgan fingerprint density at radius 2 is 1.86 bits per heavy atom. The second-order valence-electron chi connectivity index (χ2n) is 6.05. The van der Waals surface area contributed by atoms with Crippen LogP contribution in [-0.4, -0.2) is 49.6 Å². The molecule has 1 aromatic carbocycles. The van der Waals surface area contributed by atoms with Gasteiger partial charge in [0.1, 0.15) is 6.10 Å². The van der Waals surface area contributed by atoms with Gasteiger partial charge >= 0.3 is 0 Å². The molecule has 2 aromatic rings. The van der Waals surface area contributed by atoms with E-state index in [1.54, 1.807) is 36.5 Å². The number of nitrogens with zero attached hydrogens (tertiary/aromatic N) is 2. The number of amides is 2. The van der Waals surface area contributed by atoms with Crippen molar-refractivity contribution in [3.63, 3.8) is 0 Å². The van der Waals surface area contributed by atoms with Crippen molar-refractivity contribution in [3.05, 3.63) is 59.9 Å². The number of halogens is 2. The van der Waals surface area contributed by atoms with E-state index in [-0.39, 0.29) is 36.6 Å². The summed E-state index contributed by atoms with van der Waals surface area (Å²) >= 11 is 0. The van der Waals surface area contributed by atoms with Crippen molar-refractivity contribution in [1.29, 1.82) is 0 Å². The van der Waals surface area contributed by atoms with E-state index in [0.29, 0.717) is 25.3 Å². The third-order valence-electron chi connectivity index (χ3n) is 4.24. The van der Waals surface area contributed by atoms with Gasteiger partial charge in [0.2, 0.25) is 0 Å². The lowest BCUT2D eigenvalue weighted by atomic mass is 10.1. The molecular weight excluding hydrogens is 403 g/mol. The summed E-state index contributed by atoms with van der Waals surface area (Å²) in [6.07, 6.45) is 2.75. The first kappa shape index (κ1) is 23.8. The minimum atomic E-state index is -0.438. The van der Waals surface area contributed by atoms with Crippen molar-refractivity contribution < 1.29 is 14.3 Å². The van der Waals surface area contributed by atoms with E-state index in [1.165, 1.54) is 0 Å². The van der Waals surface area contributed by atoms with Crippen molar-refractivity contribution in [3.8, 4) is 0 Å². The van der Waals surface area contributed by atoms with Gasteiger partial charge in [0.05, 0.1) is 6.61 Å². The third-order valence-corrected chi connectivity index (χ3v) is 4.24. The Morgan fingerprint density at radius 1 is 1.18 bits per heavy atom. The second-order valence-corrected chi connectivity index (χ2v) is 6.05. The average Bonchev–Trinajstić information content (AvgIpc) is 2.72. The zero-order chi connectivity index (χ0) is 18.4. The van der Waals surface area contributed by atoms with E-state index in [2.05, 4.69) is 15.6 Å². The van der Waals surface area contributed by atoms with Gasteiger partial charge in [0.15, 0.2) is 0 Å². The van der Waals surface area contributed by atoms with Crippen LogP contribution in [0.15, 0.2) is 48.8 Å².